The lowest BCUT2D eigenvalue weighted by Crippen LogP contribution is -2.08. The van der Waals surface area contributed by atoms with Crippen LogP contribution in [0.3, 0.4) is 0 Å². The number of rotatable bonds is 6. The Morgan fingerprint density at radius 2 is 2.19 bits per heavy atom. The zero-order valence-electron chi connectivity index (χ0n) is 12.2. The van der Waals surface area contributed by atoms with E-state index in [4.69, 9.17) is 0 Å². The van der Waals surface area contributed by atoms with Crippen molar-refractivity contribution in [3.05, 3.63) is 48.8 Å². The van der Waals surface area contributed by atoms with E-state index in [1.807, 2.05) is 0 Å². The largest absolute Gasteiger partial charge is 0.393 e. The third kappa shape index (κ3) is 5.43. The summed E-state index contributed by atoms with van der Waals surface area (Å²) in [6.07, 6.45) is 3.39. The first-order valence-electron chi connectivity index (χ1n) is 6.18. The van der Waals surface area contributed by atoms with Crippen LogP contribution in [-0.2, 0) is 4.79 Å². The third-order valence-electron chi connectivity index (χ3n) is 2.41. The molecule has 1 rings (SSSR count). The summed E-state index contributed by atoms with van der Waals surface area (Å²) in [4.78, 5) is 12.6. The molecule has 0 aliphatic rings. The van der Waals surface area contributed by atoms with E-state index < -0.39 is 5.82 Å². The molecule has 0 unspecified atom stereocenters. The van der Waals surface area contributed by atoms with Gasteiger partial charge in [0.05, 0.1) is 0 Å². The number of nitrogens with zero attached hydrogens (tertiary/aromatic N) is 3. The highest BCUT2D eigenvalue weighted by atomic mass is 19.1. The Balaban J connectivity index is 2.86. The molecule has 0 spiro atoms. The van der Waals surface area contributed by atoms with Gasteiger partial charge in [0.15, 0.2) is 5.82 Å². The fourth-order valence-corrected chi connectivity index (χ4v) is 1.32. The van der Waals surface area contributed by atoms with E-state index in [1.54, 1.807) is 31.4 Å². The molecule has 0 bridgehead atoms. The van der Waals surface area contributed by atoms with Gasteiger partial charge in [0.25, 0.3) is 0 Å². The Morgan fingerprint density at radius 3 is 2.81 bits per heavy atom. The molecule has 0 aliphatic carbocycles. The van der Waals surface area contributed by atoms with E-state index in [-0.39, 0.29) is 11.6 Å². The second-order valence-corrected chi connectivity index (χ2v) is 4.18. The van der Waals surface area contributed by atoms with E-state index in [1.165, 1.54) is 25.1 Å². The van der Waals surface area contributed by atoms with Gasteiger partial charge in [-0.2, -0.15) is 0 Å². The molecule has 6 nitrogen and oxygen atoms in total. The Labute approximate surface area is 123 Å². The summed E-state index contributed by atoms with van der Waals surface area (Å²) >= 11 is 0. The summed E-state index contributed by atoms with van der Waals surface area (Å²) in [5, 5.41) is 13.0. The number of carbonyl (C=O) groups is 1. The third-order valence-corrected chi connectivity index (χ3v) is 2.41. The maximum absolute atomic E-state index is 13.6. The molecular weight excluding hydrogens is 273 g/mol. The van der Waals surface area contributed by atoms with Crippen LogP contribution in [0.25, 0.3) is 0 Å². The van der Waals surface area contributed by atoms with Gasteiger partial charge in [-0.15, -0.1) is 10.2 Å². The summed E-state index contributed by atoms with van der Waals surface area (Å²) in [7, 11) is 3.50. The van der Waals surface area contributed by atoms with Gasteiger partial charge in [0.1, 0.15) is 11.5 Å². The summed E-state index contributed by atoms with van der Waals surface area (Å²) in [6.45, 7) is 5.09. The number of nitrogens with one attached hydrogen (secondary N) is 2. The highest BCUT2D eigenvalue weighted by Gasteiger charge is 2.04. The molecule has 2 N–H and O–H groups in total. The van der Waals surface area contributed by atoms with Crippen molar-refractivity contribution in [1.82, 2.24) is 10.2 Å². The van der Waals surface area contributed by atoms with Gasteiger partial charge in [-0.3, -0.25) is 4.79 Å². The highest BCUT2D eigenvalue weighted by molar-refractivity contribution is 5.89. The molecule has 1 aromatic rings. The minimum absolute atomic E-state index is 0.0217. The fourth-order valence-electron chi connectivity index (χ4n) is 1.32. The standard InChI is InChI=1S/C14H18FN5O/c1-10(20(4)8-7-16-3)18-19-14-9-12(17-11(2)21)5-6-13(14)15/h5-9,16H,1H2,2-4H3,(H,17,21)/b8-7-,19-18?. The topological polar surface area (TPSA) is 69.1 Å². The number of hydrogen-bond acceptors (Lipinski definition) is 5. The second-order valence-electron chi connectivity index (χ2n) is 4.18. The molecule has 1 amide bonds. The summed E-state index contributed by atoms with van der Waals surface area (Å²) < 4.78 is 13.6. The molecule has 0 saturated carbocycles. The lowest BCUT2D eigenvalue weighted by Gasteiger charge is -2.11. The minimum atomic E-state index is -0.533. The molecule has 0 radical (unpaired) electrons. The Bertz CT molecular complexity index is 583. The van der Waals surface area contributed by atoms with Gasteiger partial charge < -0.3 is 15.5 Å². The summed E-state index contributed by atoms with van der Waals surface area (Å²) in [5.74, 6) is -0.439. The van der Waals surface area contributed by atoms with Crippen molar-refractivity contribution in [3.63, 3.8) is 0 Å². The highest BCUT2D eigenvalue weighted by Crippen LogP contribution is 2.23. The zero-order chi connectivity index (χ0) is 15.8. The monoisotopic (exact) mass is 291 g/mol. The van der Waals surface area contributed by atoms with Crippen molar-refractivity contribution < 1.29 is 9.18 Å². The van der Waals surface area contributed by atoms with Crippen LogP contribution in [0.4, 0.5) is 15.8 Å². The van der Waals surface area contributed by atoms with Gasteiger partial charge in [-0.05, 0) is 18.2 Å². The van der Waals surface area contributed by atoms with Gasteiger partial charge in [0, 0.05) is 39.1 Å². The number of benzene rings is 1. The summed E-state index contributed by atoms with van der Waals surface area (Å²) in [6, 6.07) is 4.07. The van der Waals surface area contributed by atoms with E-state index in [9.17, 15) is 9.18 Å². The molecule has 112 valence electrons. The predicted octanol–water partition coefficient (Wildman–Crippen LogP) is 2.96. The van der Waals surface area contributed by atoms with Crippen LogP contribution in [0, 0.1) is 5.82 Å². The second kappa shape index (κ2) is 7.78. The SMILES string of the molecule is C=C(N=Nc1cc(NC(C)=O)ccc1F)N(C)/C=C\NC. The lowest BCUT2D eigenvalue weighted by atomic mass is 10.2. The van der Waals surface area contributed by atoms with Gasteiger partial charge in [-0.1, -0.05) is 6.58 Å². The number of halogens is 1. The van der Waals surface area contributed by atoms with E-state index in [0.29, 0.717) is 11.5 Å². The molecule has 0 aromatic heterocycles. The smallest absolute Gasteiger partial charge is 0.221 e. The first-order chi connectivity index (χ1) is 9.93. The van der Waals surface area contributed by atoms with Gasteiger partial charge in [-0.25, -0.2) is 4.39 Å². The number of anilines is 1. The molecule has 0 aliphatic heterocycles. The molecular formula is C14H18FN5O. The number of amides is 1. The molecule has 0 fully saturated rings. The summed E-state index contributed by atoms with van der Waals surface area (Å²) in [5.41, 5.74) is 0.472. The van der Waals surface area contributed by atoms with Crippen LogP contribution in [0.5, 0.6) is 0 Å². The number of azo groups is 1. The zero-order valence-corrected chi connectivity index (χ0v) is 12.2. The van der Waals surface area contributed by atoms with E-state index >= 15 is 0 Å². The minimum Gasteiger partial charge on any atom is -0.393 e. The Morgan fingerprint density at radius 1 is 1.48 bits per heavy atom. The average Bonchev–Trinajstić information content (AvgIpc) is 2.44. The van der Waals surface area contributed by atoms with Crippen LogP contribution in [0.2, 0.25) is 0 Å². The first-order valence-corrected chi connectivity index (χ1v) is 6.18. The van der Waals surface area contributed by atoms with Crippen LogP contribution < -0.4 is 10.6 Å². The molecule has 1 aromatic carbocycles. The van der Waals surface area contributed by atoms with Gasteiger partial charge >= 0.3 is 0 Å². The van der Waals surface area contributed by atoms with Gasteiger partial charge in [0.2, 0.25) is 5.91 Å². The van der Waals surface area contributed by atoms with E-state index in [0.717, 1.165) is 0 Å². The van der Waals surface area contributed by atoms with Crippen molar-refractivity contribution in [2.45, 2.75) is 6.92 Å². The van der Waals surface area contributed by atoms with Crippen molar-refractivity contribution in [2.24, 2.45) is 10.2 Å². The van der Waals surface area contributed by atoms with Crippen molar-refractivity contribution in [3.8, 4) is 0 Å². The van der Waals surface area contributed by atoms with Crippen LogP contribution in [-0.4, -0.2) is 24.9 Å². The van der Waals surface area contributed by atoms with Crippen LogP contribution >= 0.6 is 0 Å². The van der Waals surface area contributed by atoms with Crippen LogP contribution in [0.1, 0.15) is 6.92 Å². The normalized spacial score (nSPS) is 10.9. The maximum Gasteiger partial charge on any atom is 0.221 e. The average molecular weight is 291 g/mol. The molecule has 0 saturated heterocycles. The van der Waals surface area contributed by atoms with Crippen LogP contribution in [0.15, 0.2) is 53.2 Å². The number of carbonyl (C=O) groups excluding carboxylic acids is 1. The van der Waals surface area contributed by atoms with Crippen molar-refractivity contribution in [1.29, 1.82) is 0 Å². The Hall–Kier alpha value is -2.70. The maximum atomic E-state index is 13.6. The lowest BCUT2D eigenvalue weighted by molar-refractivity contribution is -0.114. The number of hydrogen-bond donors (Lipinski definition) is 2. The predicted molar refractivity (Wildman–Crippen MR) is 80.3 cm³/mol. The first kappa shape index (κ1) is 16.4. The quantitative estimate of drug-likeness (QED) is 0.792. The van der Waals surface area contributed by atoms with Crippen molar-refractivity contribution >= 4 is 17.3 Å². The van der Waals surface area contributed by atoms with E-state index in [2.05, 4.69) is 27.4 Å². The molecule has 0 atom stereocenters. The fraction of sp³-hybridized carbons (Fsp3) is 0.214. The molecule has 7 heteroatoms. The molecule has 0 heterocycles. The van der Waals surface area contributed by atoms with Crippen molar-refractivity contribution in [2.75, 3.05) is 19.4 Å². The Kier molecular flexibility index (Phi) is 6.06. The molecule has 21 heavy (non-hydrogen) atoms.